The van der Waals surface area contributed by atoms with Crippen LogP contribution < -0.4 is 10.9 Å². The van der Waals surface area contributed by atoms with E-state index in [1.807, 2.05) is 0 Å². The Kier molecular flexibility index (Phi) is 6.62. The molecule has 0 aliphatic heterocycles. The number of nitro groups is 1. The highest BCUT2D eigenvalue weighted by Gasteiger charge is 2.19. The summed E-state index contributed by atoms with van der Waals surface area (Å²) in [5.74, 6) is -0.489. The van der Waals surface area contributed by atoms with Gasteiger partial charge < -0.3 is 15.0 Å². The van der Waals surface area contributed by atoms with Gasteiger partial charge in [0, 0.05) is 17.8 Å². The standard InChI is InChI=1S/C19H21N3O5/c1-4-5-15(20-2)16-10-13(11-18(23)21-16)14-7-6-12(9-19(24)27-3)8-17(14)22(25)26/h4,6-8,10-11,15,20H,1,5,9H2,2-3H3,(H,21,23). The lowest BCUT2D eigenvalue weighted by molar-refractivity contribution is -0.384. The molecule has 0 aliphatic rings. The van der Waals surface area contributed by atoms with Crippen molar-refractivity contribution in [2.75, 3.05) is 14.2 Å². The maximum Gasteiger partial charge on any atom is 0.309 e. The number of nitro benzene ring substituents is 1. The van der Waals surface area contributed by atoms with Crippen molar-refractivity contribution in [1.29, 1.82) is 0 Å². The molecule has 8 heteroatoms. The van der Waals surface area contributed by atoms with Crippen LogP contribution in [0, 0.1) is 10.1 Å². The van der Waals surface area contributed by atoms with Crippen molar-refractivity contribution in [2.24, 2.45) is 0 Å². The third-order valence-corrected chi connectivity index (χ3v) is 4.14. The molecule has 1 aromatic carbocycles. The smallest absolute Gasteiger partial charge is 0.309 e. The predicted octanol–water partition coefficient (Wildman–Crippen LogP) is 2.50. The van der Waals surface area contributed by atoms with Crippen molar-refractivity contribution in [3.8, 4) is 11.1 Å². The van der Waals surface area contributed by atoms with Crippen molar-refractivity contribution in [3.05, 3.63) is 74.7 Å². The minimum atomic E-state index is -0.531. The summed E-state index contributed by atoms with van der Waals surface area (Å²) in [5.41, 5.74) is 1.25. The molecular formula is C19H21N3O5. The Balaban J connectivity index is 2.55. The maximum absolute atomic E-state index is 12.1. The number of carbonyl (C=O) groups is 1. The van der Waals surface area contributed by atoms with Crippen LogP contribution in [0.25, 0.3) is 11.1 Å². The molecule has 1 heterocycles. The molecular weight excluding hydrogens is 350 g/mol. The molecule has 2 rings (SSSR count). The lowest BCUT2D eigenvalue weighted by Crippen LogP contribution is -2.20. The number of hydrogen-bond donors (Lipinski definition) is 2. The highest BCUT2D eigenvalue weighted by molar-refractivity contribution is 5.77. The summed E-state index contributed by atoms with van der Waals surface area (Å²) < 4.78 is 4.59. The van der Waals surface area contributed by atoms with Gasteiger partial charge in [-0.15, -0.1) is 6.58 Å². The lowest BCUT2D eigenvalue weighted by atomic mass is 9.99. The first-order valence-corrected chi connectivity index (χ1v) is 8.26. The SMILES string of the molecule is C=CCC(NC)c1cc(-c2ccc(CC(=O)OC)cc2[N+](=O)[O-])cc(=O)[nH]1. The Labute approximate surface area is 156 Å². The normalized spacial score (nSPS) is 11.6. The molecule has 2 N–H and O–H groups in total. The van der Waals surface area contributed by atoms with Crippen LogP contribution in [0.15, 0.2) is 47.8 Å². The van der Waals surface area contributed by atoms with Crippen LogP contribution in [0.4, 0.5) is 5.69 Å². The van der Waals surface area contributed by atoms with Gasteiger partial charge in [-0.05, 0) is 36.7 Å². The predicted molar refractivity (Wildman–Crippen MR) is 101 cm³/mol. The van der Waals surface area contributed by atoms with E-state index in [0.29, 0.717) is 28.8 Å². The van der Waals surface area contributed by atoms with E-state index in [-0.39, 0.29) is 23.7 Å². The molecule has 0 fully saturated rings. The summed E-state index contributed by atoms with van der Waals surface area (Å²) in [6.07, 6.45) is 2.23. The maximum atomic E-state index is 12.1. The third-order valence-electron chi connectivity index (χ3n) is 4.14. The average molecular weight is 371 g/mol. The average Bonchev–Trinajstić information content (AvgIpc) is 2.65. The number of esters is 1. The number of nitrogens with one attached hydrogen (secondary N) is 2. The molecule has 27 heavy (non-hydrogen) atoms. The number of aromatic nitrogens is 1. The molecule has 142 valence electrons. The van der Waals surface area contributed by atoms with E-state index in [2.05, 4.69) is 21.6 Å². The molecule has 2 aromatic rings. The van der Waals surface area contributed by atoms with Crippen LogP contribution in [0.1, 0.15) is 23.7 Å². The quantitative estimate of drug-likeness (QED) is 0.319. The van der Waals surface area contributed by atoms with Gasteiger partial charge in [-0.3, -0.25) is 19.7 Å². The molecule has 1 unspecified atom stereocenters. The summed E-state index contributed by atoms with van der Waals surface area (Å²) in [7, 11) is 3.01. The van der Waals surface area contributed by atoms with Crippen LogP contribution in [0.5, 0.6) is 0 Å². The zero-order valence-electron chi connectivity index (χ0n) is 15.2. The van der Waals surface area contributed by atoms with Crippen molar-refractivity contribution < 1.29 is 14.5 Å². The number of H-pyrrole nitrogens is 1. The van der Waals surface area contributed by atoms with Gasteiger partial charge in [0.25, 0.3) is 5.69 Å². The number of rotatable bonds is 8. The Morgan fingerprint density at radius 2 is 2.15 bits per heavy atom. The van der Waals surface area contributed by atoms with E-state index in [4.69, 9.17) is 0 Å². The molecule has 8 nitrogen and oxygen atoms in total. The van der Waals surface area contributed by atoms with Gasteiger partial charge in [0.15, 0.2) is 0 Å². The second kappa shape index (κ2) is 8.91. The Bertz CT molecular complexity index is 920. The fourth-order valence-electron chi connectivity index (χ4n) is 2.80. The van der Waals surface area contributed by atoms with Crippen LogP contribution in [-0.4, -0.2) is 30.0 Å². The van der Waals surface area contributed by atoms with E-state index in [1.54, 1.807) is 25.3 Å². The molecule has 0 saturated heterocycles. The van der Waals surface area contributed by atoms with Crippen molar-refractivity contribution in [2.45, 2.75) is 18.9 Å². The van der Waals surface area contributed by atoms with Gasteiger partial charge >= 0.3 is 5.97 Å². The highest BCUT2D eigenvalue weighted by Crippen LogP contribution is 2.31. The summed E-state index contributed by atoms with van der Waals surface area (Å²) in [6, 6.07) is 7.32. The summed E-state index contributed by atoms with van der Waals surface area (Å²) in [5, 5.41) is 14.6. The number of methoxy groups -OCH3 is 1. The van der Waals surface area contributed by atoms with Crippen LogP contribution in [-0.2, 0) is 16.0 Å². The fraction of sp³-hybridized carbons (Fsp3) is 0.263. The molecule has 0 saturated carbocycles. The molecule has 0 spiro atoms. The number of carbonyl (C=O) groups excluding carboxylic acids is 1. The number of hydrogen-bond acceptors (Lipinski definition) is 6. The molecule has 1 atom stereocenters. The Morgan fingerprint density at radius 3 is 2.74 bits per heavy atom. The lowest BCUT2D eigenvalue weighted by Gasteiger charge is -2.15. The van der Waals surface area contributed by atoms with Crippen molar-refractivity contribution >= 4 is 11.7 Å². The van der Waals surface area contributed by atoms with E-state index >= 15 is 0 Å². The number of benzene rings is 1. The second-order valence-electron chi connectivity index (χ2n) is 5.92. The summed E-state index contributed by atoms with van der Waals surface area (Å²) in [4.78, 5) is 37.3. The Hall–Kier alpha value is -3.26. The van der Waals surface area contributed by atoms with E-state index in [0.717, 1.165) is 0 Å². The largest absolute Gasteiger partial charge is 0.469 e. The number of aromatic amines is 1. The minimum absolute atomic E-state index is 0.0700. The topological polar surface area (TPSA) is 114 Å². The van der Waals surface area contributed by atoms with Crippen LogP contribution in [0.2, 0.25) is 0 Å². The molecule has 0 radical (unpaired) electrons. The van der Waals surface area contributed by atoms with Gasteiger partial charge in [0.2, 0.25) is 5.56 Å². The zero-order valence-corrected chi connectivity index (χ0v) is 15.2. The highest BCUT2D eigenvalue weighted by atomic mass is 16.6. The van der Waals surface area contributed by atoms with E-state index in [9.17, 15) is 19.7 Å². The van der Waals surface area contributed by atoms with Crippen molar-refractivity contribution in [3.63, 3.8) is 0 Å². The van der Waals surface area contributed by atoms with E-state index < -0.39 is 10.9 Å². The van der Waals surface area contributed by atoms with Crippen molar-refractivity contribution in [1.82, 2.24) is 10.3 Å². The zero-order chi connectivity index (χ0) is 20.0. The van der Waals surface area contributed by atoms with Gasteiger partial charge in [-0.25, -0.2) is 0 Å². The first kappa shape index (κ1) is 20.1. The third kappa shape index (κ3) is 4.89. The summed E-state index contributed by atoms with van der Waals surface area (Å²) >= 11 is 0. The first-order chi connectivity index (χ1) is 12.9. The fourth-order valence-corrected chi connectivity index (χ4v) is 2.80. The monoisotopic (exact) mass is 371 g/mol. The van der Waals surface area contributed by atoms with Gasteiger partial charge in [0.1, 0.15) is 0 Å². The van der Waals surface area contributed by atoms with Gasteiger partial charge in [-0.2, -0.15) is 0 Å². The second-order valence-corrected chi connectivity index (χ2v) is 5.92. The number of pyridine rings is 1. The van der Waals surface area contributed by atoms with Gasteiger partial charge in [0.05, 0.1) is 30.1 Å². The molecule has 0 bridgehead atoms. The molecule has 0 amide bonds. The van der Waals surface area contributed by atoms with Crippen LogP contribution in [0.3, 0.4) is 0 Å². The summed E-state index contributed by atoms with van der Waals surface area (Å²) in [6.45, 7) is 3.70. The molecule has 1 aromatic heterocycles. The molecule has 0 aliphatic carbocycles. The number of nitrogens with zero attached hydrogens (tertiary/aromatic N) is 1. The minimum Gasteiger partial charge on any atom is -0.469 e. The Morgan fingerprint density at radius 1 is 1.41 bits per heavy atom. The van der Waals surface area contributed by atoms with Gasteiger partial charge in [-0.1, -0.05) is 12.1 Å². The first-order valence-electron chi connectivity index (χ1n) is 8.26. The van der Waals surface area contributed by atoms with Crippen LogP contribution >= 0.6 is 0 Å². The number of ether oxygens (including phenoxy) is 1. The van der Waals surface area contributed by atoms with E-state index in [1.165, 1.54) is 25.3 Å².